The van der Waals surface area contributed by atoms with Gasteiger partial charge in [0.2, 0.25) is 0 Å². The maximum atomic E-state index is 13.2. The lowest BCUT2D eigenvalue weighted by molar-refractivity contribution is -0.116. The fourth-order valence-electron chi connectivity index (χ4n) is 3.86. The highest BCUT2D eigenvalue weighted by molar-refractivity contribution is 8.13. The van der Waals surface area contributed by atoms with Crippen LogP contribution >= 0.6 is 11.8 Å². The van der Waals surface area contributed by atoms with E-state index in [0.29, 0.717) is 10.9 Å². The molecular weight excluding hydrogens is 404 g/mol. The number of hydrazone groups is 1. The van der Waals surface area contributed by atoms with E-state index in [2.05, 4.69) is 49.5 Å². The normalized spacial score (nSPS) is 17.3. The van der Waals surface area contributed by atoms with Gasteiger partial charge in [-0.25, -0.2) is 5.01 Å². The molecular formula is C25H22N4OS. The Bertz CT molecular complexity index is 1320. The van der Waals surface area contributed by atoms with Crippen molar-refractivity contribution >= 4 is 28.5 Å². The molecule has 0 unspecified atom stereocenters. The summed E-state index contributed by atoms with van der Waals surface area (Å²) in [5.41, 5.74) is 5.05. The van der Waals surface area contributed by atoms with Gasteiger partial charge in [-0.1, -0.05) is 84.1 Å². The van der Waals surface area contributed by atoms with Crippen molar-refractivity contribution in [1.82, 2.24) is 10.3 Å². The summed E-state index contributed by atoms with van der Waals surface area (Å²) in [7, 11) is 0. The minimum absolute atomic E-state index is 0.150. The van der Waals surface area contributed by atoms with Crippen LogP contribution in [0.3, 0.4) is 0 Å². The van der Waals surface area contributed by atoms with Gasteiger partial charge in [-0.15, -0.1) is 5.10 Å². The molecule has 3 aromatic carbocycles. The summed E-state index contributed by atoms with van der Waals surface area (Å²) in [5.74, 6) is 0.577. The molecule has 0 bridgehead atoms. The summed E-state index contributed by atoms with van der Waals surface area (Å²) in [5, 5.41) is 11.8. The minimum Gasteiger partial charge on any atom is -0.298 e. The van der Waals surface area contributed by atoms with Crippen LogP contribution in [0.15, 0.2) is 82.9 Å². The minimum atomic E-state index is -0.386. The quantitative estimate of drug-likeness (QED) is 0.699. The van der Waals surface area contributed by atoms with Crippen LogP contribution in [0.2, 0.25) is 0 Å². The van der Waals surface area contributed by atoms with Crippen molar-refractivity contribution in [3.05, 3.63) is 106 Å². The summed E-state index contributed by atoms with van der Waals surface area (Å²) >= 11 is 1.52. The molecule has 0 spiro atoms. The zero-order valence-corrected chi connectivity index (χ0v) is 18.2. The van der Waals surface area contributed by atoms with Crippen molar-refractivity contribution in [2.45, 2.75) is 25.8 Å². The maximum absolute atomic E-state index is 13.2. The van der Waals surface area contributed by atoms with Gasteiger partial charge in [0, 0.05) is 16.5 Å². The molecule has 0 saturated carbocycles. The number of nitrogens with zero attached hydrogens (tertiary/aromatic N) is 3. The standard InChI is InChI=1S/C25H22N4OS/c1-16-12-13-17(2)20(14-16)23-26-21-11-7-6-10-19(21)22-24(30)27-25(28-29(22)23)31-15-18-8-4-3-5-9-18/h3-14,23H,15H2,1-2H3,(H,27,28,30)/t23-/m0/s1. The Kier molecular flexibility index (Phi) is 5.08. The lowest BCUT2D eigenvalue weighted by atomic mass is 10.0. The average Bonchev–Trinajstić information content (AvgIpc) is 2.79. The number of hydrogen-bond acceptors (Lipinski definition) is 5. The smallest absolute Gasteiger partial charge is 0.276 e. The second kappa shape index (κ2) is 8.04. The third-order valence-electron chi connectivity index (χ3n) is 5.45. The number of amidine groups is 1. The van der Waals surface area contributed by atoms with Gasteiger partial charge in [0.15, 0.2) is 11.3 Å². The van der Waals surface area contributed by atoms with E-state index in [1.165, 1.54) is 17.3 Å². The zero-order valence-electron chi connectivity index (χ0n) is 17.4. The summed E-state index contributed by atoms with van der Waals surface area (Å²) in [6.45, 7) is 4.14. The summed E-state index contributed by atoms with van der Waals surface area (Å²) in [6, 6.07) is 24.2. The van der Waals surface area contributed by atoms with Crippen molar-refractivity contribution in [1.29, 1.82) is 0 Å². The third kappa shape index (κ3) is 3.75. The Balaban J connectivity index is 1.60. The highest BCUT2D eigenvalue weighted by Crippen LogP contribution is 2.33. The van der Waals surface area contributed by atoms with Crippen LogP contribution in [0.5, 0.6) is 0 Å². The molecule has 5 nitrogen and oxygen atoms in total. The Labute approximate surface area is 185 Å². The number of hydrogen-bond donors (Lipinski definition) is 1. The summed E-state index contributed by atoms with van der Waals surface area (Å²) < 4.78 is 0. The van der Waals surface area contributed by atoms with Crippen LogP contribution in [-0.2, 0) is 10.5 Å². The first-order valence-corrected chi connectivity index (χ1v) is 11.2. The van der Waals surface area contributed by atoms with Crippen molar-refractivity contribution in [2.24, 2.45) is 10.1 Å². The largest absolute Gasteiger partial charge is 0.298 e. The van der Waals surface area contributed by atoms with Gasteiger partial charge < -0.3 is 0 Å². The Morgan fingerprint density at radius 1 is 1.00 bits per heavy atom. The Hall–Kier alpha value is -3.38. The molecule has 0 aliphatic carbocycles. The van der Waals surface area contributed by atoms with Crippen LogP contribution in [0.1, 0.15) is 28.4 Å². The van der Waals surface area contributed by atoms with E-state index in [1.54, 1.807) is 5.01 Å². The van der Waals surface area contributed by atoms with Gasteiger partial charge in [-0.3, -0.25) is 15.1 Å². The van der Waals surface area contributed by atoms with Gasteiger partial charge in [0.25, 0.3) is 5.91 Å². The molecule has 1 amide bonds. The highest BCUT2D eigenvalue weighted by atomic mass is 32.2. The molecule has 0 saturated heterocycles. The number of rotatable bonds is 3. The summed E-state index contributed by atoms with van der Waals surface area (Å²) in [4.78, 5) is 18.2. The second-order valence-electron chi connectivity index (χ2n) is 7.71. The number of thioether (sulfide) groups is 1. The number of carbonyl (C=O) groups is 1. The fraction of sp³-hybridized carbons (Fsp3) is 0.160. The molecule has 1 N–H and O–H groups in total. The van der Waals surface area contributed by atoms with Crippen molar-refractivity contribution < 1.29 is 4.79 Å². The first-order valence-electron chi connectivity index (χ1n) is 10.2. The Morgan fingerprint density at radius 2 is 1.77 bits per heavy atom. The molecule has 0 fully saturated rings. The number of para-hydroxylation sites is 1. The van der Waals surface area contributed by atoms with E-state index in [4.69, 9.17) is 10.1 Å². The number of benzene rings is 3. The molecule has 2 heterocycles. The lowest BCUT2D eigenvalue weighted by Crippen LogP contribution is -2.50. The predicted octanol–water partition coefficient (Wildman–Crippen LogP) is 3.38. The van der Waals surface area contributed by atoms with E-state index in [0.717, 1.165) is 33.0 Å². The van der Waals surface area contributed by atoms with Gasteiger partial charge in [0.1, 0.15) is 5.70 Å². The van der Waals surface area contributed by atoms with Crippen LogP contribution in [0.4, 0.5) is 0 Å². The fourth-order valence-corrected chi connectivity index (χ4v) is 4.67. The van der Waals surface area contributed by atoms with Gasteiger partial charge in [0.05, 0.1) is 5.36 Å². The third-order valence-corrected chi connectivity index (χ3v) is 6.38. The Morgan fingerprint density at radius 3 is 2.61 bits per heavy atom. The van der Waals surface area contributed by atoms with E-state index in [-0.39, 0.29) is 12.1 Å². The van der Waals surface area contributed by atoms with E-state index in [1.807, 2.05) is 42.5 Å². The van der Waals surface area contributed by atoms with Crippen molar-refractivity contribution in [3.63, 3.8) is 0 Å². The van der Waals surface area contributed by atoms with E-state index >= 15 is 0 Å². The van der Waals surface area contributed by atoms with Crippen molar-refractivity contribution in [3.8, 4) is 0 Å². The molecule has 31 heavy (non-hydrogen) atoms. The number of carbonyl (C=O) groups excluding carboxylic acids is 1. The molecule has 2 aliphatic rings. The van der Waals surface area contributed by atoms with Gasteiger partial charge >= 0.3 is 0 Å². The number of fused-ring (bicyclic) bond motifs is 2. The molecule has 154 valence electrons. The SMILES string of the molecule is Cc1ccc(C)c([C@H]2N=c3ccccc3=C3C(=O)NC(SCc4ccccc4)=NN32)c1. The first kappa shape index (κ1) is 19.6. The maximum Gasteiger partial charge on any atom is 0.276 e. The topological polar surface area (TPSA) is 57.1 Å². The van der Waals surface area contributed by atoms with Crippen LogP contribution < -0.4 is 15.9 Å². The molecule has 3 aromatic rings. The predicted molar refractivity (Wildman–Crippen MR) is 124 cm³/mol. The second-order valence-corrected chi connectivity index (χ2v) is 8.67. The number of amides is 1. The first-order chi connectivity index (χ1) is 15.1. The molecule has 6 heteroatoms. The zero-order chi connectivity index (χ0) is 21.4. The van der Waals surface area contributed by atoms with Gasteiger partial charge in [-0.2, -0.15) is 0 Å². The number of aryl methyl sites for hydroxylation is 2. The van der Waals surface area contributed by atoms with Crippen molar-refractivity contribution in [2.75, 3.05) is 0 Å². The molecule has 5 rings (SSSR count). The lowest BCUT2D eigenvalue weighted by Gasteiger charge is -2.34. The van der Waals surface area contributed by atoms with Gasteiger partial charge in [-0.05, 0) is 31.0 Å². The molecule has 2 aliphatic heterocycles. The number of nitrogens with one attached hydrogen (secondary N) is 1. The van der Waals surface area contributed by atoms with E-state index < -0.39 is 0 Å². The van der Waals surface area contributed by atoms with Crippen LogP contribution in [0, 0.1) is 13.8 Å². The highest BCUT2D eigenvalue weighted by Gasteiger charge is 2.35. The molecule has 0 radical (unpaired) electrons. The van der Waals surface area contributed by atoms with Crippen LogP contribution in [-0.4, -0.2) is 16.1 Å². The molecule has 1 atom stereocenters. The molecule has 0 aromatic heterocycles. The van der Waals surface area contributed by atoms with E-state index in [9.17, 15) is 4.79 Å². The van der Waals surface area contributed by atoms with Crippen LogP contribution in [0.25, 0.3) is 5.70 Å². The monoisotopic (exact) mass is 426 g/mol. The summed E-state index contributed by atoms with van der Waals surface area (Å²) in [6.07, 6.45) is -0.386. The average molecular weight is 427 g/mol.